The highest BCUT2D eigenvalue weighted by atomic mass is 16.2. The van der Waals surface area contributed by atoms with Crippen LogP contribution in [0.3, 0.4) is 0 Å². The van der Waals surface area contributed by atoms with E-state index in [1.165, 1.54) is 0 Å². The molecule has 126 valence electrons. The highest BCUT2D eigenvalue weighted by Gasteiger charge is 2.39. The van der Waals surface area contributed by atoms with Gasteiger partial charge in [0.25, 0.3) is 0 Å². The molecule has 2 fully saturated rings. The number of amides is 3. The summed E-state index contributed by atoms with van der Waals surface area (Å²) < 4.78 is 1.68. The third-order valence-corrected chi connectivity index (χ3v) is 4.46. The lowest BCUT2D eigenvalue weighted by Gasteiger charge is -2.15. The van der Waals surface area contributed by atoms with Gasteiger partial charge >= 0.3 is 6.03 Å². The van der Waals surface area contributed by atoms with Crippen molar-refractivity contribution in [3.8, 4) is 0 Å². The summed E-state index contributed by atoms with van der Waals surface area (Å²) in [5.41, 5.74) is 0.978. The molecule has 7 heteroatoms. The van der Waals surface area contributed by atoms with Crippen LogP contribution < -0.4 is 10.6 Å². The Hall–Kier alpha value is -2.05. The van der Waals surface area contributed by atoms with Crippen LogP contribution in [0.15, 0.2) is 6.07 Å². The molecule has 7 nitrogen and oxygen atoms in total. The number of carbonyl (C=O) groups is 2. The van der Waals surface area contributed by atoms with Gasteiger partial charge in [0, 0.05) is 44.6 Å². The van der Waals surface area contributed by atoms with Crippen LogP contribution >= 0.6 is 0 Å². The molecule has 1 atom stereocenters. The van der Waals surface area contributed by atoms with Crippen molar-refractivity contribution in [3.05, 3.63) is 11.8 Å². The van der Waals surface area contributed by atoms with E-state index in [1.54, 1.807) is 4.68 Å². The molecule has 1 aliphatic carbocycles. The highest BCUT2D eigenvalue weighted by molar-refractivity contribution is 5.88. The number of likely N-dealkylation sites (tertiary alicyclic amines) is 1. The third kappa shape index (κ3) is 3.83. The van der Waals surface area contributed by atoms with Crippen molar-refractivity contribution < 1.29 is 9.59 Å². The van der Waals surface area contributed by atoms with E-state index in [0.717, 1.165) is 37.9 Å². The van der Waals surface area contributed by atoms with Gasteiger partial charge in [-0.25, -0.2) is 4.79 Å². The molecule has 0 aromatic carbocycles. The fraction of sp³-hybridized carbons (Fsp3) is 0.688. The molecular weight excluding hydrogens is 294 g/mol. The fourth-order valence-corrected chi connectivity index (χ4v) is 3.10. The lowest BCUT2D eigenvalue weighted by molar-refractivity contribution is -0.128. The van der Waals surface area contributed by atoms with Crippen LogP contribution in [0.2, 0.25) is 0 Å². The smallest absolute Gasteiger partial charge is 0.320 e. The van der Waals surface area contributed by atoms with Crippen molar-refractivity contribution in [1.29, 1.82) is 0 Å². The van der Waals surface area contributed by atoms with Crippen molar-refractivity contribution in [2.24, 2.45) is 13.0 Å². The number of aryl methyl sites for hydroxylation is 2. The zero-order valence-corrected chi connectivity index (χ0v) is 13.8. The van der Waals surface area contributed by atoms with E-state index in [4.69, 9.17) is 0 Å². The molecule has 23 heavy (non-hydrogen) atoms. The van der Waals surface area contributed by atoms with Gasteiger partial charge < -0.3 is 10.2 Å². The maximum absolute atomic E-state index is 12.0. The summed E-state index contributed by atoms with van der Waals surface area (Å²) in [6, 6.07) is 2.12. The minimum Gasteiger partial charge on any atom is -0.339 e. The van der Waals surface area contributed by atoms with Crippen molar-refractivity contribution in [2.75, 3.05) is 18.4 Å². The van der Waals surface area contributed by atoms with Crippen molar-refractivity contribution in [3.63, 3.8) is 0 Å². The van der Waals surface area contributed by atoms with Crippen LogP contribution in [0.4, 0.5) is 10.6 Å². The van der Waals surface area contributed by atoms with Crippen LogP contribution in [-0.4, -0.2) is 45.8 Å². The van der Waals surface area contributed by atoms with E-state index in [2.05, 4.69) is 22.7 Å². The minimum atomic E-state index is -0.242. The molecule has 1 saturated carbocycles. The number of nitrogens with one attached hydrogen (secondary N) is 2. The first kappa shape index (κ1) is 15.8. The Morgan fingerprint density at radius 2 is 2.22 bits per heavy atom. The average Bonchev–Trinajstić information content (AvgIpc) is 3.20. The predicted octanol–water partition coefficient (Wildman–Crippen LogP) is 1.50. The zero-order valence-electron chi connectivity index (χ0n) is 13.8. The molecule has 3 rings (SSSR count). The number of hydrogen-bond donors (Lipinski definition) is 2. The van der Waals surface area contributed by atoms with Crippen LogP contribution in [-0.2, 0) is 18.3 Å². The summed E-state index contributed by atoms with van der Waals surface area (Å²) in [5, 5.41) is 10.1. The second-order valence-electron chi connectivity index (χ2n) is 6.58. The number of nitrogens with zero attached hydrogens (tertiary/aromatic N) is 3. The van der Waals surface area contributed by atoms with Crippen LogP contribution in [0.25, 0.3) is 0 Å². The molecule has 2 aliphatic rings. The molecule has 3 amide bonds. The summed E-state index contributed by atoms with van der Waals surface area (Å²) in [6.45, 7) is 3.40. The first-order valence-corrected chi connectivity index (χ1v) is 8.44. The molecule has 1 aromatic heterocycles. The largest absolute Gasteiger partial charge is 0.339 e. The summed E-state index contributed by atoms with van der Waals surface area (Å²) in [7, 11) is 1.82. The fourth-order valence-electron chi connectivity index (χ4n) is 3.10. The number of anilines is 1. The van der Waals surface area contributed by atoms with E-state index < -0.39 is 0 Å². The lowest BCUT2D eigenvalue weighted by atomic mass is 10.1. The quantitative estimate of drug-likeness (QED) is 0.834. The SMILES string of the molecule is CCCc1cc(NC(=O)NC[C@@H]2CC(=O)N(C3CC3)C2)n(C)n1. The van der Waals surface area contributed by atoms with Crippen LogP contribution in [0.5, 0.6) is 0 Å². The molecule has 0 spiro atoms. The summed E-state index contributed by atoms with van der Waals surface area (Å²) in [4.78, 5) is 25.9. The van der Waals surface area contributed by atoms with Gasteiger partial charge in [-0.3, -0.25) is 14.8 Å². The normalized spacial score (nSPS) is 20.9. The van der Waals surface area contributed by atoms with Crippen molar-refractivity contribution in [1.82, 2.24) is 20.0 Å². The van der Waals surface area contributed by atoms with Gasteiger partial charge in [-0.15, -0.1) is 0 Å². The number of aromatic nitrogens is 2. The molecule has 2 heterocycles. The van der Waals surface area contributed by atoms with Crippen molar-refractivity contribution in [2.45, 2.75) is 45.1 Å². The van der Waals surface area contributed by atoms with E-state index in [9.17, 15) is 9.59 Å². The maximum Gasteiger partial charge on any atom is 0.320 e. The summed E-state index contributed by atoms with van der Waals surface area (Å²) >= 11 is 0. The molecule has 1 saturated heterocycles. The molecule has 0 radical (unpaired) electrons. The van der Waals surface area contributed by atoms with Gasteiger partial charge in [0.15, 0.2) is 0 Å². The minimum absolute atomic E-state index is 0.219. The van der Waals surface area contributed by atoms with Gasteiger partial charge in [-0.05, 0) is 19.3 Å². The molecular formula is C16H25N5O2. The van der Waals surface area contributed by atoms with Gasteiger partial charge in [0.2, 0.25) is 5.91 Å². The Morgan fingerprint density at radius 3 is 2.91 bits per heavy atom. The summed E-state index contributed by atoms with van der Waals surface area (Å²) in [6.07, 6.45) is 4.73. The second kappa shape index (κ2) is 6.60. The Bertz CT molecular complexity index is 593. The molecule has 0 unspecified atom stereocenters. The van der Waals surface area contributed by atoms with Gasteiger partial charge in [-0.2, -0.15) is 5.10 Å². The predicted molar refractivity (Wildman–Crippen MR) is 87.1 cm³/mol. The molecule has 1 aromatic rings. The Balaban J connectivity index is 1.45. The molecule has 0 bridgehead atoms. The van der Waals surface area contributed by atoms with Gasteiger partial charge in [0.05, 0.1) is 5.69 Å². The van der Waals surface area contributed by atoms with Crippen molar-refractivity contribution >= 4 is 17.8 Å². The topological polar surface area (TPSA) is 79.3 Å². The molecule has 2 N–H and O–H groups in total. The number of carbonyl (C=O) groups excluding carboxylic acids is 2. The highest BCUT2D eigenvalue weighted by Crippen LogP contribution is 2.32. The number of urea groups is 1. The van der Waals surface area contributed by atoms with E-state index in [1.807, 2.05) is 18.0 Å². The zero-order chi connectivity index (χ0) is 16.4. The van der Waals surface area contributed by atoms with E-state index in [-0.39, 0.29) is 17.9 Å². The monoisotopic (exact) mass is 319 g/mol. The maximum atomic E-state index is 12.0. The van der Waals surface area contributed by atoms with Crippen LogP contribution in [0, 0.1) is 5.92 Å². The Labute approximate surface area is 136 Å². The van der Waals surface area contributed by atoms with Gasteiger partial charge in [-0.1, -0.05) is 13.3 Å². The third-order valence-electron chi connectivity index (χ3n) is 4.46. The first-order chi connectivity index (χ1) is 11.1. The van der Waals surface area contributed by atoms with E-state index >= 15 is 0 Å². The Morgan fingerprint density at radius 1 is 1.43 bits per heavy atom. The second-order valence-corrected chi connectivity index (χ2v) is 6.58. The summed E-state index contributed by atoms with van der Waals surface area (Å²) in [5.74, 6) is 1.14. The first-order valence-electron chi connectivity index (χ1n) is 8.44. The lowest BCUT2D eigenvalue weighted by Crippen LogP contribution is -2.35. The average molecular weight is 319 g/mol. The number of rotatable bonds is 6. The van der Waals surface area contributed by atoms with Gasteiger partial charge in [0.1, 0.15) is 5.82 Å². The molecule has 1 aliphatic heterocycles. The van der Waals surface area contributed by atoms with E-state index in [0.29, 0.717) is 24.8 Å². The van der Waals surface area contributed by atoms with Crippen LogP contribution in [0.1, 0.15) is 38.3 Å². The number of hydrogen-bond acceptors (Lipinski definition) is 3. The standard InChI is InChI=1S/C16H25N5O2/c1-3-4-12-8-14(20(2)19-12)18-16(23)17-9-11-7-15(22)21(10-11)13-5-6-13/h8,11,13H,3-7,9-10H2,1-2H3,(H2,17,18,23)/t11-/m0/s1. The Kier molecular flexibility index (Phi) is 4.54.